The Labute approximate surface area is 293 Å². The number of benzene rings is 2. The fourth-order valence-corrected chi connectivity index (χ4v) is 9.95. The number of likely N-dealkylation sites (tertiary alicyclic amines) is 1. The molecule has 1 aromatic heterocycles. The summed E-state index contributed by atoms with van der Waals surface area (Å²) in [6.45, 7) is 18.6. The minimum atomic E-state index is -3.84. The molecule has 3 aromatic rings. The van der Waals surface area contributed by atoms with Crippen molar-refractivity contribution in [1.29, 1.82) is 0 Å². The van der Waals surface area contributed by atoms with E-state index in [1.165, 1.54) is 39.0 Å². The standard InChI is InChI=1S/C38H55N5O3S2/c1-6-40-21-23-42(24-22-40)31-13-17-41(18-14-31)30-15-19-43(20-16-30)38-35-26-33(47-5)9-12-36(35)39-27-37(38)48(44,45)34-10-7-32(8-11-34)46-29(4)25-28(2)3/h7-12,26-31H,6,13-25H2,1-5H3. The molecular formula is C38H55N5O3S2. The van der Waals surface area contributed by atoms with Gasteiger partial charge in [-0.2, -0.15) is 0 Å². The maximum absolute atomic E-state index is 14.4. The molecule has 8 nitrogen and oxygen atoms in total. The summed E-state index contributed by atoms with van der Waals surface area (Å²) < 4.78 is 34.8. The number of rotatable bonds is 11. The minimum Gasteiger partial charge on any atom is -0.491 e. The van der Waals surface area contributed by atoms with Crippen LogP contribution in [0.5, 0.6) is 5.75 Å². The molecule has 3 aliphatic heterocycles. The zero-order valence-electron chi connectivity index (χ0n) is 29.6. The smallest absolute Gasteiger partial charge is 0.210 e. The molecule has 4 heterocycles. The van der Waals surface area contributed by atoms with E-state index in [0.29, 0.717) is 23.8 Å². The highest BCUT2D eigenvalue weighted by atomic mass is 32.2. The van der Waals surface area contributed by atoms with Crippen molar-refractivity contribution in [2.75, 3.05) is 70.1 Å². The lowest BCUT2D eigenvalue weighted by Crippen LogP contribution is -2.55. The van der Waals surface area contributed by atoms with Crippen molar-refractivity contribution in [3.8, 4) is 5.75 Å². The highest BCUT2D eigenvalue weighted by Crippen LogP contribution is 2.39. The number of ether oxygens (including phenoxy) is 1. The maximum atomic E-state index is 14.4. The number of hydrogen-bond donors (Lipinski definition) is 0. The Balaban J connectivity index is 1.18. The number of piperidine rings is 2. The highest BCUT2D eigenvalue weighted by molar-refractivity contribution is 7.98. The number of sulfone groups is 1. The van der Waals surface area contributed by atoms with E-state index in [1.54, 1.807) is 42.2 Å². The number of nitrogens with zero attached hydrogens (tertiary/aromatic N) is 5. The Bertz CT molecular complexity index is 1610. The van der Waals surface area contributed by atoms with Gasteiger partial charge < -0.3 is 19.4 Å². The van der Waals surface area contributed by atoms with Gasteiger partial charge in [-0.25, -0.2) is 8.42 Å². The molecule has 3 aliphatic rings. The number of aromatic nitrogens is 1. The van der Waals surface area contributed by atoms with E-state index < -0.39 is 9.84 Å². The number of hydrogen-bond acceptors (Lipinski definition) is 9. The minimum absolute atomic E-state index is 0.0605. The van der Waals surface area contributed by atoms with Gasteiger partial charge in [-0.3, -0.25) is 9.88 Å². The molecule has 0 spiro atoms. The summed E-state index contributed by atoms with van der Waals surface area (Å²) in [5.74, 6) is 1.22. The molecule has 3 saturated heterocycles. The Morgan fingerprint density at radius 3 is 2.08 bits per heavy atom. The number of piperazine rings is 1. The summed E-state index contributed by atoms with van der Waals surface area (Å²) in [4.78, 5) is 16.7. The largest absolute Gasteiger partial charge is 0.491 e. The molecule has 3 fully saturated rings. The summed E-state index contributed by atoms with van der Waals surface area (Å²) in [5.41, 5.74) is 1.62. The second kappa shape index (κ2) is 15.7. The Morgan fingerprint density at radius 2 is 1.48 bits per heavy atom. The van der Waals surface area contributed by atoms with Gasteiger partial charge >= 0.3 is 0 Å². The van der Waals surface area contributed by atoms with Crippen molar-refractivity contribution in [3.05, 3.63) is 48.7 Å². The van der Waals surface area contributed by atoms with Crippen LogP contribution < -0.4 is 9.64 Å². The summed E-state index contributed by atoms with van der Waals surface area (Å²) >= 11 is 1.67. The molecule has 0 amide bonds. The van der Waals surface area contributed by atoms with Crippen LogP contribution in [0.2, 0.25) is 0 Å². The second-order valence-electron chi connectivity index (χ2n) is 14.3. The lowest BCUT2D eigenvalue weighted by atomic mass is 9.96. The molecule has 1 atom stereocenters. The van der Waals surface area contributed by atoms with Gasteiger partial charge in [0.15, 0.2) is 0 Å². The van der Waals surface area contributed by atoms with Crippen LogP contribution in [0.25, 0.3) is 10.9 Å². The van der Waals surface area contributed by atoms with Crippen molar-refractivity contribution in [2.24, 2.45) is 5.92 Å². The van der Waals surface area contributed by atoms with Crippen LogP contribution in [0.3, 0.4) is 0 Å². The summed E-state index contributed by atoms with van der Waals surface area (Å²) in [7, 11) is -3.84. The molecule has 0 radical (unpaired) electrons. The lowest BCUT2D eigenvalue weighted by molar-refractivity contribution is 0.0449. The first-order chi connectivity index (χ1) is 23.2. The van der Waals surface area contributed by atoms with E-state index >= 15 is 0 Å². The maximum Gasteiger partial charge on any atom is 0.210 e. The average molecular weight is 694 g/mol. The molecule has 0 N–H and O–H groups in total. The third-order valence-corrected chi connectivity index (χ3v) is 13.2. The molecule has 262 valence electrons. The van der Waals surface area contributed by atoms with Crippen LogP contribution in [0.4, 0.5) is 5.69 Å². The van der Waals surface area contributed by atoms with Crippen molar-refractivity contribution in [1.82, 2.24) is 19.7 Å². The Kier molecular flexibility index (Phi) is 11.6. The van der Waals surface area contributed by atoms with Crippen molar-refractivity contribution < 1.29 is 13.2 Å². The van der Waals surface area contributed by atoms with Gasteiger partial charge in [0.05, 0.1) is 22.2 Å². The number of thioether (sulfide) groups is 1. The predicted octanol–water partition coefficient (Wildman–Crippen LogP) is 6.67. The van der Waals surface area contributed by atoms with E-state index in [9.17, 15) is 8.42 Å². The number of pyridine rings is 1. The highest BCUT2D eigenvalue weighted by Gasteiger charge is 2.34. The first kappa shape index (κ1) is 35.5. The topological polar surface area (TPSA) is 69.2 Å². The monoisotopic (exact) mass is 693 g/mol. The molecule has 0 bridgehead atoms. The summed E-state index contributed by atoms with van der Waals surface area (Å²) in [5, 5.41) is 0.910. The van der Waals surface area contributed by atoms with Gasteiger partial charge in [0, 0.05) is 67.8 Å². The molecule has 6 rings (SSSR count). The lowest BCUT2D eigenvalue weighted by Gasteiger charge is -2.46. The zero-order chi connectivity index (χ0) is 33.8. The van der Waals surface area contributed by atoms with Crippen LogP contribution in [-0.2, 0) is 9.84 Å². The zero-order valence-corrected chi connectivity index (χ0v) is 31.2. The van der Waals surface area contributed by atoms with E-state index in [1.807, 2.05) is 6.07 Å². The van der Waals surface area contributed by atoms with E-state index in [4.69, 9.17) is 4.74 Å². The van der Waals surface area contributed by atoms with Crippen molar-refractivity contribution in [2.45, 2.75) is 92.7 Å². The number of likely N-dealkylation sites (N-methyl/N-ethyl adjacent to an activating group) is 1. The molecule has 1 unspecified atom stereocenters. The van der Waals surface area contributed by atoms with Crippen LogP contribution in [-0.4, -0.2) is 111 Å². The molecule has 0 aliphatic carbocycles. The van der Waals surface area contributed by atoms with Crippen LogP contribution in [0, 0.1) is 5.92 Å². The SMILES string of the molecule is CCN1CCN(C2CCN(C3CCN(c4c(S(=O)(=O)c5ccc(OC(C)CC(C)C)cc5)cnc5ccc(SC)cc45)CC3)CC2)CC1. The first-order valence-corrected chi connectivity index (χ1v) is 20.8. The number of fused-ring (bicyclic) bond motifs is 1. The van der Waals surface area contributed by atoms with Crippen molar-refractivity contribution >= 4 is 38.2 Å². The van der Waals surface area contributed by atoms with E-state index in [2.05, 4.69) is 70.7 Å². The third kappa shape index (κ3) is 7.99. The van der Waals surface area contributed by atoms with Gasteiger partial charge in [0.25, 0.3) is 0 Å². The van der Waals surface area contributed by atoms with E-state index in [-0.39, 0.29) is 15.9 Å². The Morgan fingerprint density at radius 1 is 0.854 bits per heavy atom. The first-order valence-electron chi connectivity index (χ1n) is 18.1. The fourth-order valence-electron chi connectivity index (χ4n) is 8.07. The van der Waals surface area contributed by atoms with Gasteiger partial charge in [-0.05, 0) is 113 Å². The summed E-state index contributed by atoms with van der Waals surface area (Å²) in [6, 6.07) is 14.4. The fraction of sp³-hybridized carbons (Fsp3) is 0.605. The summed E-state index contributed by atoms with van der Waals surface area (Å²) in [6.07, 6.45) is 9.21. The Hall–Kier alpha value is -2.37. The van der Waals surface area contributed by atoms with Gasteiger partial charge in [-0.1, -0.05) is 20.8 Å². The molecule has 48 heavy (non-hydrogen) atoms. The van der Waals surface area contributed by atoms with E-state index in [0.717, 1.165) is 73.5 Å². The molecule has 10 heteroatoms. The molecular weight excluding hydrogens is 639 g/mol. The van der Waals surface area contributed by atoms with Gasteiger partial charge in [-0.15, -0.1) is 11.8 Å². The van der Waals surface area contributed by atoms with Crippen LogP contribution in [0.1, 0.15) is 59.8 Å². The predicted molar refractivity (Wildman–Crippen MR) is 198 cm³/mol. The van der Waals surface area contributed by atoms with Crippen LogP contribution in [0.15, 0.2) is 63.3 Å². The average Bonchev–Trinajstić information content (AvgIpc) is 3.11. The molecule has 0 saturated carbocycles. The van der Waals surface area contributed by atoms with Crippen LogP contribution >= 0.6 is 11.8 Å². The normalized spacial score (nSPS) is 20.5. The van der Waals surface area contributed by atoms with Gasteiger partial charge in [0.2, 0.25) is 9.84 Å². The quantitative estimate of drug-likeness (QED) is 0.205. The van der Waals surface area contributed by atoms with Gasteiger partial charge in [0.1, 0.15) is 10.6 Å². The van der Waals surface area contributed by atoms with Crippen molar-refractivity contribution in [3.63, 3.8) is 0 Å². The second-order valence-corrected chi connectivity index (χ2v) is 17.1. The third-order valence-electron chi connectivity index (χ3n) is 10.7. The molecule has 2 aromatic carbocycles. The number of anilines is 1.